The molecular formula is C8H11N3O2. The van der Waals surface area contributed by atoms with E-state index in [1.165, 1.54) is 6.39 Å². The number of amides is 1. The Morgan fingerprint density at radius 1 is 1.77 bits per heavy atom. The highest BCUT2D eigenvalue weighted by molar-refractivity contribution is 5.77. The second-order valence-electron chi connectivity index (χ2n) is 3.24. The molecule has 5 nitrogen and oxygen atoms in total. The van der Waals surface area contributed by atoms with Crippen molar-refractivity contribution in [3.8, 4) is 0 Å². The first-order valence-corrected chi connectivity index (χ1v) is 4.35. The fourth-order valence-corrected chi connectivity index (χ4v) is 1.27. The van der Waals surface area contributed by atoms with Crippen molar-refractivity contribution in [3.63, 3.8) is 0 Å². The molecule has 5 heteroatoms. The van der Waals surface area contributed by atoms with Gasteiger partial charge in [0.2, 0.25) is 12.3 Å². The molecular weight excluding hydrogens is 170 g/mol. The van der Waals surface area contributed by atoms with Gasteiger partial charge in [-0.05, 0) is 12.8 Å². The van der Waals surface area contributed by atoms with Crippen molar-refractivity contribution in [1.82, 2.24) is 15.5 Å². The normalized spacial score (nSPS) is 18.2. The van der Waals surface area contributed by atoms with E-state index in [2.05, 4.69) is 20.0 Å². The first-order valence-electron chi connectivity index (χ1n) is 4.35. The minimum atomic E-state index is -0.319. The van der Waals surface area contributed by atoms with Crippen LogP contribution < -0.4 is 5.32 Å². The number of rotatable bonds is 3. The van der Waals surface area contributed by atoms with Gasteiger partial charge in [0.05, 0.1) is 0 Å². The lowest BCUT2D eigenvalue weighted by atomic mass is 10.2. The van der Waals surface area contributed by atoms with Crippen LogP contribution in [0.5, 0.6) is 0 Å². The van der Waals surface area contributed by atoms with Gasteiger partial charge < -0.3 is 9.84 Å². The molecule has 1 amide bonds. The molecule has 1 aliphatic rings. The third-order valence-corrected chi connectivity index (χ3v) is 2.24. The molecule has 70 valence electrons. The van der Waals surface area contributed by atoms with Crippen LogP contribution in [0, 0.1) is 0 Å². The SMILES string of the molecule is CCC(=O)NC1(c2ncon2)CC1. The Bertz CT molecular complexity index is 303. The predicted octanol–water partition coefficient (Wildman–Crippen LogP) is 0.585. The monoisotopic (exact) mass is 181 g/mol. The molecule has 0 saturated heterocycles. The van der Waals surface area contributed by atoms with Gasteiger partial charge in [0, 0.05) is 6.42 Å². The van der Waals surface area contributed by atoms with Gasteiger partial charge >= 0.3 is 0 Å². The molecule has 0 radical (unpaired) electrons. The Labute approximate surface area is 75.5 Å². The third kappa shape index (κ3) is 1.41. The summed E-state index contributed by atoms with van der Waals surface area (Å²) in [4.78, 5) is 15.1. The van der Waals surface area contributed by atoms with Gasteiger partial charge in [0.15, 0.2) is 5.82 Å². The fraction of sp³-hybridized carbons (Fsp3) is 0.625. The van der Waals surface area contributed by atoms with Crippen LogP contribution in [0.2, 0.25) is 0 Å². The number of carbonyl (C=O) groups excluding carboxylic acids is 1. The number of hydrogen-bond donors (Lipinski definition) is 1. The van der Waals surface area contributed by atoms with E-state index in [1.807, 2.05) is 6.92 Å². The van der Waals surface area contributed by atoms with Crippen LogP contribution in [0.15, 0.2) is 10.9 Å². The molecule has 1 fully saturated rings. The van der Waals surface area contributed by atoms with E-state index < -0.39 is 0 Å². The van der Waals surface area contributed by atoms with Crippen LogP contribution in [-0.2, 0) is 10.3 Å². The molecule has 1 aliphatic carbocycles. The zero-order chi connectivity index (χ0) is 9.31. The minimum absolute atomic E-state index is 0.0299. The van der Waals surface area contributed by atoms with Crippen LogP contribution in [0.3, 0.4) is 0 Å². The highest BCUT2D eigenvalue weighted by Crippen LogP contribution is 2.43. The Balaban J connectivity index is 2.10. The number of carbonyl (C=O) groups is 1. The summed E-state index contributed by atoms with van der Waals surface area (Å²) < 4.78 is 4.64. The maximum atomic E-state index is 11.2. The number of nitrogens with zero attached hydrogens (tertiary/aromatic N) is 2. The lowest BCUT2D eigenvalue weighted by molar-refractivity contribution is -0.121. The van der Waals surface area contributed by atoms with Gasteiger partial charge in [-0.1, -0.05) is 12.1 Å². The van der Waals surface area contributed by atoms with Crippen molar-refractivity contribution in [2.45, 2.75) is 31.7 Å². The van der Waals surface area contributed by atoms with Crippen molar-refractivity contribution in [2.75, 3.05) is 0 Å². The van der Waals surface area contributed by atoms with E-state index in [0.717, 1.165) is 12.8 Å². The number of nitrogens with one attached hydrogen (secondary N) is 1. The summed E-state index contributed by atoms with van der Waals surface area (Å²) >= 11 is 0. The molecule has 1 saturated carbocycles. The van der Waals surface area contributed by atoms with Gasteiger partial charge in [-0.3, -0.25) is 4.79 Å². The first kappa shape index (κ1) is 8.22. The van der Waals surface area contributed by atoms with Crippen molar-refractivity contribution < 1.29 is 9.32 Å². The lowest BCUT2D eigenvalue weighted by Gasteiger charge is -2.11. The first-order chi connectivity index (χ1) is 6.27. The molecule has 1 N–H and O–H groups in total. The van der Waals surface area contributed by atoms with Crippen molar-refractivity contribution >= 4 is 5.91 Å². The summed E-state index contributed by atoms with van der Waals surface area (Å²) in [5.74, 6) is 0.622. The molecule has 0 aliphatic heterocycles. The molecule has 0 aromatic carbocycles. The second kappa shape index (κ2) is 2.83. The Kier molecular flexibility index (Phi) is 1.79. The van der Waals surface area contributed by atoms with Crippen LogP contribution in [0.25, 0.3) is 0 Å². The molecule has 0 spiro atoms. The largest absolute Gasteiger partial charge is 0.343 e. The zero-order valence-electron chi connectivity index (χ0n) is 7.41. The molecule has 1 aromatic rings. The van der Waals surface area contributed by atoms with Gasteiger partial charge in [-0.15, -0.1) is 0 Å². The van der Waals surface area contributed by atoms with E-state index in [1.54, 1.807) is 0 Å². The fourth-order valence-electron chi connectivity index (χ4n) is 1.27. The maximum Gasteiger partial charge on any atom is 0.220 e. The van der Waals surface area contributed by atoms with Crippen molar-refractivity contribution in [3.05, 3.63) is 12.2 Å². The summed E-state index contributed by atoms with van der Waals surface area (Å²) in [6, 6.07) is 0. The van der Waals surface area contributed by atoms with Gasteiger partial charge in [-0.25, -0.2) is 0 Å². The summed E-state index contributed by atoms with van der Waals surface area (Å²) in [6.45, 7) is 1.82. The summed E-state index contributed by atoms with van der Waals surface area (Å²) in [7, 11) is 0. The lowest BCUT2D eigenvalue weighted by Crippen LogP contribution is -2.35. The third-order valence-electron chi connectivity index (χ3n) is 2.24. The smallest absolute Gasteiger partial charge is 0.220 e. The van der Waals surface area contributed by atoms with Crippen LogP contribution >= 0.6 is 0 Å². The Morgan fingerprint density at radius 3 is 3.00 bits per heavy atom. The molecule has 0 bridgehead atoms. The Morgan fingerprint density at radius 2 is 2.54 bits per heavy atom. The van der Waals surface area contributed by atoms with Gasteiger partial charge in [0.1, 0.15) is 5.54 Å². The zero-order valence-corrected chi connectivity index (χ0v) is 7.41. The summed E-state index contributed by atoms with van der Waals surface area (Å²) in [6.07, 6.45) is 3.57. The minimum Gasteiger partial charge on any atom is -0.343 e. The van der Waals surface area contributed by atoms with Crippen LogP contribution in [0.1, 0.15) is 32.0 Å². The van der Waals surface area contributed by atoms with E-state index in [-0.39, 0.29) is 11.4 Å². The van der Waals surface area contributed by atoms with E-state index in [9.17, 15) is 4.79 Å². The average molecular weight is 181 g/mol. The Hall–Kier alpha value is -1.39. The standard InChI is InChI=1S/C8H11N3O2/c1-2-6(12)10-8(3-4-8)7-9-5-13-11-7/h5H,2-4H2,1H3,(H,10,12). The van der Waals surface area contributed by atoms with Crippen LogP contribution in [0.4, 0.5) is 0 Å². The van der Waals surface area contributed by atoms with Crippen molar-refractivity contribution in [2.24, 2.45) is 0 Å². The van der Waals surface area contributed by atoms with Gasteiger partial charge in [-0.2, -0.15) is 4.98 Å². The highest BCUT2D eigenvalue weighted by Gasteiger charge is 2.49. The molecule has 1 aromatic heterocycles. The molecule has 1 heterocycles. The summed E-state index contributed by atoms with van der Waals surface area (Å²) in [5, 5.41) is 6.63. The number of aromatic nitrogens is 2. The highest BCUT2D eigenvalue weighted by atomic mass is 16.5. The van der Waals surface area contributed by atoms with E-state index in [4.69, 9.17) is 0 Å². The summed E-state index contributed by atoms with van der Waals surface area (Å²) in [5.41, 5.74) is -0.319. The average Bonchev–Trinajstić information content (AvgIpc) is 2.70. The molecule has 0 unspecified atom stereocenters. The molecule has 0 atom stereocenters. The predicted molar refractivity (Wildman–Crippen MR) is 43.6 cm³/mol. The molecule has 13 heavy (non-hydrogen) atoms. The molecule has 2 rings (SSSR count). The number of hydrogen-bond acceptors (Lipinski definition) is 4. The van der Waals surface area contributed by atoms with Crippen molar-refractivity contribution in [1.29, 1.82) is 0 Å². The van der Waals surface area contributed by atoms with E-state index >= 15 is 0 Å². The quantitative estimate of drug-likeness (QED) is 0.740. The van der Waals surface area contributed by atoms with Gasteiger partial charge in [0.25, 0.3) is 0 Å². The topological polar surface area (TPSA) is 68.0 Å². The second-order valence-corrected chi connectivity index (χ2v) is 3.24. The van der Waals surface area contributed by atoms with E-state index in [0.29, 0.717) is 12.2 Å². The maximum absolute atomic E-state index is 11.2. The van der Waals surface area contributed by atoms with Crippen LogP contribution in [-0.4, -0.2) is 16.0 Å².